The van der Waals surface area contributed by atoms with Gasteiger partial charge in [-0.05, 0) is 29.9 Å². The van der Waals surface area contributed by atoms with E-state index in [-0.39, 0.29) is 5.92 Å². The SMILES string of the molecule is O[C@@](c1ccccc1)(C1CCCCC1)[C@H](CN1CCOCC1)c1ccccc1. The molecule has 0 radical (unpaired) electrons. The molecule has 2 fully saturated rings. The second-order valence-corrected chi connectivity index (χ2v) is 8.40. The van der Waals surface area contributed by atoms with E-state index >= 15 is 0 Å². The molecule has 1 heterocycles. The van der Waals surface area contributed by atoms with Crippen molar-refractivity contribution in [2.24, 2.45) is 5.92 Å². The quantitative estimate of drug-likeness (QED) is 0.798. The van der Waals surface area contributed by atoms with Gasteiger partial charge < -0.3 is 9.84 Å². The van der Waals surface area contributed by atoms with Crippen molar-refractivity contribution in [3.05, 3.63) is 71.8 Å². The van der Waals surface area contributed by atoms with Crippen LogP contribution in [0.2, 0.25) is 0 Å². The van der Waals surface area contributed by atoms with Gasteiger partial charge >= 0.3 is 0 Å². The molecule has 0 aromatic heterocycles. The van der Waals surface area contributed by atoms with Crippen molar-refractivity contribution < 1.29 is 9.84 Å². The van der Waals surface area contributed by atoms with E-state index in [0.29, 0.717) is 5.92 Å². The third-order valence-corrected chi connectivity index (χ3v) is 6.74. The van der Waals surface area contributed by atoms with Gasteiger partial charge in [-0.3, -0.25) is 4.90 Å². The van der Waals surface area contributed by atoms with Crippen molar-refractivity contribution >= 4 is 0 Å². The lowest BCUT2D eigenvalue weighted by Crippen LogP contribution is -2.48. The second-order valence-electron chi connectivity index (χ2n) is 8.40. The van der Waals surface area contributed by atoms with Crippen molar-refractivity contribution in [2.45, 2.75) is 43.6 Å². The van der Waals surface area contributed by atoms with E-state index in [9.17, 15) is 5.11 Å². The normalized spacial score (nSPS) is 22.5. The molecule has 28 heavy (non-hydrogen) atoms. The maximum atomic E-state index is 12.5. The standard InChI is InChI=1S/C25H33NO2/c27-25(22-12-6-2-7-13-22,23-14-8-3-9-15-23)24(21-10-4-1-5-11-21)20-26-16-18-28-19-17-26/h1-2,4-7,10-13,23-24,27H,3,8-9,14-20H2/t24-,25+/m1/s1. The van der Waals surface area contributed by atoms with Gasteiger partial charge in [0.1, 0.15) is 5.60 Å². The summed E-state index contributed by atoms with van der Waals surface area (Å²) in [5.74, 6) is 0.354. The number of aliphatic hydroxyl groups is 1. The van der Waals surface area contributed by atoms with E-state index < -0.39 is 5.60 Å². The third kappa shape index (κ3) is 4.17. The largest absolute Gasteiger partial charge is 0.384 e. The molecule has 2 atom stereocenters. The molecule has 1 aliphatic carbocycles. The van der Waals surface area contributed by atoms with Crippen molar-refractivity contribution in [3.8, 4) is 0 Å². The number of rotatable bonds is 6. The van der Waals surface area contributed by atoms with Gasteiger partial charge in [0.25, 0.3) is 0 Å². The summed E-state index contributed by atoms with van der Waals surface area (Å²) in [6.45, 7) is 4.33. The van der Waals surface area contributed by atoms with Crippen molar-refractivity contribution in [1.82, 2.24) is 4.90 Å². The molecule has 1 saturated heterocycles. The molecule has 3 heteroatoms. The van der Waals surface area contributed by atoms with Crippen LogP contribution >= 0.6 is 0 Å². The van der Waals surface area contributed by atoms with Gasteiger partial charge in [0.05, 0.1) is 13.2 Å². The lowest BCUT2D eigenvalue weighted by atomic mass is 9.65. The number of hydrogen-bond donors (Lipinski definition) is 1. The Morgan fingerprint density at radius 3 is 2.14 bits per heavy atom. The molecule has 4 rings (SSSR count). The minimum absolute atomic E-state index is 0.0531. The van der Waals surface area contributed by atoms with Crippen LogP contribution in [-0.2, 0) is 10.3 Å². The zero-order valence-electron chi connectivity index (χ0n) is 16.8. The minimum atomic E-state index is -0.846. The van der Waals surface area contributed by atoms with Crippen molar-refractivity contribution in [3.63, 3.8) is 0 Å². The van der Waals surface area contributed by atoms with E-state index in [4.69, 9.17) is 4.74 Å². The van der Waals surface area contributed by atoms with Crippen molar-refractivity contribution in [1.29, 1.82) is 0 Å². The average Bonchev–Trinajstić information content (AvgIpc) is 2.79. The number of hydrogen-bond acceptors (Lipinski definition) is 3. The fourth-order valence-electron chi connectivity index (χ4n) is 5.20. The predicted octanol–water partition coefficient (Wildman–Crippen LogP) is 4.57. The van der Waals surface area contributed by atoms with Gasteiger partial charge in [-0.15, -0.1) is 0 Å². The zero-order chi connectivity index (χ0) is 19.2. The highest BCUT2D eigenvalue weighted by Gasteiger charge is 2.46. The monoisotopic (exact) mass is 379 g/mol. The Bertz CT molecular complexity index is 708. The Kier molecular flexibility index (Phi) is 6.46. The Labute approximate surface area is 169 Å². The summed E-state index contributed by atoms with van der Waals surface area (Å²) in [5, 5.41) is 12.5. The molecule has 0 unspecified atom stereocenters. The molecular formula is C25H33NO2. The first-order valence-corrected chi connectivity index (χ1v) is 10.9. The van der Waals surface area contributed by atoms with Gasteiger partial charge in [-0.1, -0.05) is 79.9 Å². The van der Waals surface area contributed by atoms with Crippen LogP contribution in [-0.4, -0.2) is 42.9 Å². The van der Waals surface area contributed by atoms with Gasteiger partial charge in [-0.2, -0.15) is 0 Å². The first kappa shape index (κ1) is 19.6. The lowest BCUT2D eigenvalue weighted by Gasteiger charge is -2.46. The summed E-state index contributed by atoms with van der Waals surface area (Å²) in [5.41, 5.74) is 1.47. The maximum absolute atomic E-state index is 12.5. The third-order valence-electron chi connectivity index (χ3n) is 6.74. The molecule has 2 aromatic rings. The number of nitrogens with zero attached hydrogens (tertiary/aromatic N) is 1. The molecular weight excluding hydrogens is 346 g/mol. The Hall–Kier alpha value is -1.68. The molecule has 0 amide bonds. The van der Waals surface area contributed by atoms with Gasteiger partial charge in [0.15, 0.2) is 0 Å². The summed E-state index contributed by atoms with van der Waals surface area (Å²) in [6, 6.07) is 21.1. The van der Waals surface area contributed by atoms with Gasteiger partial charge in [0.2, 0.25) is 0 Å². The van der Waals surface area contributed by atoms with Crippen LogP contribution in [0.25, 0.3) is 0 Å². The van der Waals surface area contributed by atoms with Crippen LogP contribution in [0.3, 0.4) is 0 Å². The highest BCUT2D eigenvalue weighted by molar-refractivity contribution is 5.33. The fraction of sp³-hybridized carbons (Fsp3) is 0.520. The highest BCUT2D eigenvalue weighted by atomic mass is 16.5. The molecule has 0 spiro atoms. The van der Waals surface area contributed by atoms with Crippen LogP contribution in [0.15, 0.2) is 60.7 Å². The molecule has 1 aliphatic heterocycles. The Morgan fingerprint density at radius 1 is 0.893 bits per heavy atom. The maximum Gasteiger partial charge on any atom is 0.100 e. The summed E-state index contributed by atoms with van der Waals surface area (Å²) >= 11 is 0. The zero-order valence-corrected chi connectivity index (χ0v) is 16.8. The number of morpholine rings is 1. The molecule has 1 saturated carbocycles. The minimum Gasteiger partial charge on any atom is -0.384 e. The number of benzene rings is 2. The lowest BCUT2D eigenvalue weighted by molar-refractivity contribution is -0.0758. The summed E-state index contributed by atoms with van der Waals surface area (Å²) < 4.78 is 5.57. The predicted molar refractivity (Wildman–Crippen MR) is 113 cm³/mol. The van der Waals surface area contributed by atoms with Crippen LogP contribution in [0.5, 0.6) is 0 Å². The Morgan fingerprint density at radius 2 is 1.50 bits per heavy atom. The second kappa shape index (κ2) is 9.21. The molecule has 2 aliphatic rings. The average molecular weight is 380 g/mol. The van der Waals surface area contributed by atoms with E-state index in [0.717, 1.165) is 51.3 Å². The van der Waals surface area contributed by atoms with E-state index in [1.807, 2.05) is 6.07 Å². The molecule has 150 valence electrons. The molecule has 0 bridgehead atoms. The van der Waals surface area contributed by atoms with Crippen LogP contribution in [0.1, 0.15) is 49.1 Å². The fourth-order valence-corrected chi connectivity index (χ4v) is 5.20. The van der Waals surface area contributed by atoms with Crippen LogP contribution in [0, 0.1) is 5.92 Å². The topological polar surface area (TPSA) is 32.7 Å². The van der Waals surface area contributed by atoms with E-state index in [1.54, 1.807) is 0 Å². The van der Waals surface area contributed by atoms with E-state index in [1.165, 1.54) is 24.8 Å². The van der Waals surface area contributed by atoms with E-state index in [2.05, 4.69) is 59.5 Å². The smallest absolute Gasteiger partial charge is 0.100 e. The van der Waals surface area contributed by atoms with Crippen LogP contribution in [0.4, 0.5) is 0 Å². The Balaban J connectivity index is 1.75. The summed E-state index contributed by atoms with van der Waals surface area (Å²) in [6.07, 6.45) is 5.95. The number of ether oxygens (including phenoxy) is 1. The first-order valence-electron chi connectivity index (χ1n) is 10.9. The highest BCUT2D eigenvalue weighted by Crippen LogP contribution is 2.48. The summed E-state index contributed by atoms with van der Waals surface area (Å²) in [4.78, 5) is 2.47. The first-order chi connectivity index (χ1) is 13.8. The molecule has 1 N–H and O–H groups in total. The molecule has 2 aromatic carbocycles. The van der Waals surface area contributed by atoms with Crippen LogP contribution < -0.4 is 0 Å². The molecule has 3 nitrogen and oxygen atoms in total. The van der Waals surface area contributed by atoms with Crippen molar-refractivity contribution in [2.75, 3.05) is 32.8 Å². The summed E-state index contributed by atoms with van der Waals surface area (Å²) in [7, 11) is 0. The van der Waals surface area contributed by atoms with Gasteiger partial charge in [0, 0.05) is 25.6 Å². The van der Waals surface area contributed by atoms with Gasteiger partial charge in [-0.25, -0.2) is 0 Å².